The van der Waals surface area contributed by atoms with Gasteiger partial charge < -0.3 is 10.6 Å². The van der Waals surface area contributed by atoms with Crippen LogP contribution in [0.3, 0.4) is 0 Å². The number of aryl methyl sites for hydroxylation is 1. The molecule has 3 aromatic rings. The first-order valence-electron chi connectivity index (χ1n) is 8.17. The van der Waals surface area contributed by atoms with E-state index in [1.54, 1.807) is 6.20 Å². The summed E-state index contributed by atoms with van der Waals surface area (Å²) in [7, 11) is 0. The smallest absolute Gasteiger partial charge is 0.251 e. The van der Waals surface area contributed by atoms with Gasteiger partial charge in [0.2, 0.25) is 5.91 Å². The summed E-state index contributed by atoms with van der Waals surface area (Å²) in [6.07, 6.45) is 2.29. The van der Waals surface area contributed by atoms with Gasteiger partial charge in [0.15, 0.2) is 5.65 Å². The van der Waals surface area contributed by atoms with E-state index in [4.69, 9.17) is 0 Å². The summed E-state index contributed by atoms with van der Waals surface area (Å²) in [5, 5.41) is 13.2. The predicted molar refractivity (Wildman–Crippen MR) is 95.2 cm³/mol. The van der Waals surface area contributed by atoms with Gasteiger partial charge in [-0.2, -0.15) is 5.10 Å². The molecular formula is C18H18FN5O2. The van der Waals surface area contributed by atoms with Crippen molar-refractivity contribution in [3.63, 3.8) is 0 Å². The molecule has 0 saturated heterocycles. The summed E-state index contributed by atoms with van der Waals surface area (Å²) < 4.78 is 12.8. The average Bonchev–Trinajstić information content (AvgIpc) is 3.00. The van der Waals surface area contributed by atoms with E-state index in [0.717, 1.165) is 11.1 Å². The van der Waals surface area contributed by atoms with E-state index in [1.165, 1.54) is 24.3 Å². The van der Waals surface area contributed by atoms with Gasteiger partial charge in [-0.3, -0.25) is 14.7 Å². The van der Waals surface area contributed by atoms with Gasteiger partial charge in [-0.25, -0.2) is 9.37 Å². The van der Waals surface area contributed by atoms with Crippen molar-refractivity contribution in [2.75, 3.05) is 11.9 Å². The van der Waals surface area contributed by atoms with Gasteiger partial charge in [-0.15, -0.1) is 0 Å². The van der Waals surface area contributed by atoms with Crippen LogP contribution in [0.15, 0.2) is 36.5 Å². The standard InChI is InChI=1S/C18H18FN5O2/c1-11-15-9-14(10-21-17(15)24-23-11)22-16(25)3-2-8-20-18(26)12-4-6-13(19)7-5-12/h4-7,9-10H,2-3,8H2,1H3,(H,20,26)(H,22,25)(H,21,23,24). The number of H-pyrrole nitrogens is 1. The predicted octanol–water partition coefficient (Wildman–Crippen LogP) is 2.55. The third-order valence-corrected chi connectivity index (χ3v) is 3.86. The van der Waals surface area contributed by atoms with Gasteiger partial charge in [-0.05, 0) is 43.7 Å². The first kappa shape index (κ1) is 17.5. The molecule has 0 fully saturated rings. The second-order valence-corrected chi connectivity index (χ2v) is 5.86. The summed E-state index contributed by atoms with van der Waals surface area (Å²) in [6.45, 7) is 2.23. The SMILES string of the molecule is Cc1[nH]nc2ncc(NC(=O)CCCNC(=O)c3ccc(F)cc3)cc12. The third-order valence-electron chi connectivity index (χ3n) is 3.86. The van der Waals surface area contributed by atoms with E-state index < -0.39 is 5.82 Å². The molecule has 0 unspecified atom stereocenters. The molecule has 0 saturated carbocycles. The van der Waals surface area contributed by atoms with Crippen LogP contribution in [0.25, 0.3) is 11.0 Å². The zero-order chi connectivity index (χ0) is 18.5. The summed E-state index contributed by atoms with van der Waals surface area (Å²) in [4.78, 5) is 28.1. The summed E-state index contributed by atoms with van der Waals surface area (Å²) in [6, 6.07) is 7.11. The largest absolute Gasteiger partial charge is 0.352 e. The lowest BCUT2D eigenvalue weighted by Gasteiger charge is -2.07. The number of halogens is 1. The number of fused-ring (bicyclic) bond motifs is 1. The Labute approximate surface area is 149 Å². The minimum atomic E-state index is -0.392. The molecule has 7 nitrogen and oxygen atoms in total. The molecule has 2 heterocycles. The van der Waals surface area contributed by atoms with E-state index >= 15 is 0 Å². The Kier molecular flexibility index (Phi) is 5.21. The minimum absolute atomic E-state index is 0.164. The van der Waals surface area contributed by atoms with Crippen molar-refractivity contribution in [2.45, 2.75) is 19.8 Å². The molecule has 134 valence electrons. The molecule has 8 heteroatoms. The molecule has 0 aliphatic carbocycles. The Balaban J connectivity index is 1.44. The van der Waals surface area contributed by atoms with E-state index in [9.17, 15) is 14.0 Å². The number of benzene rings is 1. The molecule has 3 rings (SSSR count). The maximum Gasteiger partial charge on any atom is 0.251 e. The Bertz CT molecular complexity index is 936. The van der Waals surface area contributed by atoms with Crippen molar-refractivity contribution in [1.82, 2.24) is 20.5 Å². The molecule has 2 aromatic heterocycles. The number of amides is 2. The number of hydrogen-bond acceptors (Lipinski definition) is 4. The van der Waals surface area contributed by atoms with Crippen LogP contribution in [0.2, 0.25) is 0 Å². The number of aromatic amines is 1. The first-order chi connectivity index (χ1) is 12.5. The Hall–Kier alpha value is -3.29. The monoisotopic (exact) mass is 355 g/mol. The summed E-state index contributed by atoms with van der Waals surface area (Å²) >= 11 is 0. The van der Waals surface area contributed by atoms with E-state index in [0.29, 0.717) is 29.9 Å². The van der Waals surface area contributed by atoms with Crippen LogP contribution in [-0.2, 0) is 4.79 Å². The quantitative estimate of drug-likeness (QED) is 0.592. The van der Waals surface area contributed by atoms with Gasteiger partial charge in [0.25, 0.3) is 5.91 Å². The molecule has 1 aromatic carbocycles. The highest BCUT2D eigenvalue weighted by Crippen LogP contribution is 2.17. The second-order valence-electron chi connectivity index (χ2n) is 5.86. The van der Waals surface area contributed by atoms with Crippen LogP contribution < -0.4 is 10.6 Å². The van der Waals surface area contributed by atoms with Gasteiger partial charge in [0.05, 0.1) is 11.9 Å². The molecule has 3 N–H and O–H groups in total. The lowest BCUT2D eigenvalue weighted by Crippen LogP contribution is -2.25. The van der Waals surface area contributed by atoms with Crippen LogP contribution in [0, 0.1) is 12.7 Å². The zero-order valence-electron chi connectivity index (χ0n) is 14.2. The van der Waals surface area contributed by atoms with Crippen molar-refractivity contribution in [3.05, 3.63) is 53.6 Å². The average molecular weight is 355 g/mol. The number of carbonyl (C=O) groups excluding carboxylic acids is 2. The number of rotatable bonds is 6. The number of nitrogens with one attached hydrogen (secondary N) is 3. The maximum absolute atomic E-state index is 12.8. The van der Waals surface area contributed by atoms with Crippen molar-refractivity contribution >= 4 is 28.5 Å². The van der Waals surface area contributed by atoms with Gasteiger partial charge in [0.1, 0.15) is 5.82 Å². The molecule has 0 spiro atoms. The molecule has 2 amide bonds. The Morgan fingerprint density at radius 1 is 1.23 bits per heavy atom. The van der Waals surface area contributed by atoms with Crippen LogP contribution in [0.5, 0.6) is 0 Å². The lowest BCUT2D eigenvalue weighted by molar-refractivity contribution is -0.116. The minimum Gasteiger partial charge on any atom is -0.352 e. The summed E-state index contributed by atoms with van der Waals surface area (Å²) in [5.41, 5.74) is 2.46. The Morgan fingerprint density at radius 2 is 2.00 bits per heavy atom. The van der Waals surface area contributed by atoms with Gasteiger partial charge >= 0.3 is 0 Å². The first-order valence-corrected chi connectivity index (χ1v) is 8.17. The van der Waals surface area contributed by atoms with Crippen molar-refractivity contribution < 1.29 is 14.0 Å². The number of carbonyl (C=O) groups is 2. The fraction of sp³-hybridized carbons (Fsp3) is 0.222. The molecule has 0 aliphatic rings. The molecular weight excluding hydrogens is 337 g/mol. The van der Waals surface area contributed by atoms with E-state index in [2.05, 4.69) is 25.8 Å². The highest BCUT2D eigenvalue weighted by atomic mass is 19.1. The number of nitrogens with zero attached hydrogens (tertiary/aromatic N) is 2. The van der Waals surface area contributed by atoms with Gasteiger partial charge in [0, 0.05) is 29.6 Å². The van der Waals surface area contributed by atoms with Gasteiger partial charge in [-0.1, -0.05) is 0 Å². The van der Waals surface area contributed by atoms with Crippen molar-refractivity contribution in [2.24, 2.45) is 0 Å². The topological polar surface area (TPSA) is 99.8 Å². The summed E-state index contributed by atoms with van der Waals surface area (Å²) in [5.74, 6) is -0.852. The normalized spacial score (nSPS) is 10.7. The highest BCUT2D eigenvalue weighted by Gasteiger charge is 2.08. The fourth-order valence-corrected chi connectivity index (χ4v) is 2.47. The zero-order valence-corrected chi connectivity index (χ0v) is 14.2. The van der Waals surface area contributed by atoms with Crippen LogP contribution in [0.4, 0.5) is 10.1 Å². The number of aromatic nitrogens is 3. The molecule has 26 heavy (non-hydrogen) atoms. The van der Waals surface area contributed by atoms with Crippen LogP contribution in [0.1, 0.15) is 28.9 Å². The number of anilines is 1. The van der Waals surface area contributed by atoms with Crippen molar-refractivity contribution in [1.29, 1.82) is 0 Å². The fourth-order valence-electron chi connectivity index (χ4n) is 2.47. The molecule has 0 aliphatic heterocycles. The van der Waals surface area contributed by atoms with E-state index in [-0.39, 0.29) is 18.2 Å². The van der Waals surface area contributed by atoms with Crippen LogP contribution in [-0.4, -0.2) is 33.5 Å². The van der Waals surface area contributed by atoms with E-state index in [1.807, 2.05) is 13.0 Å². The molecule has 0 bridgehead atoms. The molecule has 0 radical (unpaired) electrons. The number of pyridine rings is 1. The molecule has 0 atom stereocenters. The maximum atomic E-state index is 12.8. The van der Waals surface area contributed by atoms with Crippen molar-refractivity contribution in [3.8, 4) is 0 Å². The third kappa shape index (κ3) is 4.21. The Morgan fingerprint density at radius 3 is 2.77 bits per heavy atom. The second kappa shape index (κ2) is 7.73. The van der Waals surface area contributed by atoms with Crippen LogP contribution >= 0.6 is 0 Å². The lowest BCUT2D eigenvalue weighted by atomic mass is 10.2. The highest BCUT2D eigenvalue weighted by molar-refractivity contribution is 5.94. The number of hydrogen-bond donors (Lipinski definition) is 3.